The van der Waals surface area contributed by atoms with E-state index in [0.717, 1.165) is 13.1 Å². The van der Waals surface area contributed by atoms with E-state index in [0.29, 0.717) is 25.7 Å². The molecule has 1 aliphatic rings. The monoisotopic (exact) mass is 240 g/mol. The Morgan fingerprint density at radius 2 is 2.41 bits per heavy atom. The van der Waals surface area contributed by atoms with Crippen LogP contribution in [0.3, 0.4) is 0 Å². The van der Waals surface area contributed by atoms with Gasteiger partial charge < -0.3 is 14.8 Å². The standard InChI is InChI=1S/C10H16N4O3/c1-16-3-2-4-17-10(15)9-7-14(13-12-9)8-5-11-6-8/h7-8,11H,2-6H2,1H3. The van der Waals surface area contributed by atoms with Crippen molar-refractivity contribution in [1.29, 1.82) is 0 Å². The maximum atomic E-state index is 11.6. The molecule has 1 saturated heterocycles. The number of carbonyl (C=O) groups excluding carboxylic acids is 1. The second kappa shape index (κ2) is 5.74. The van der Waals surface area contributed by atoms with Crippen molar-refractivity contribution < 1.29 is 14.3 Å². The van der Waals surface area contributed by atoms with Gasteiger partial charge in [-0.2, -0.15) is 0 Å². The average molecular weight is 240 g/mol. The van der Waals surface area contributed by atoms with E-state index in [1.807, 2.05) is 0 Å². The summed E-state index contributed by atoms with van der Waals surface area (Å²) in [6, 6.07) is 0.303. The van der Waals surface area contributed by atoms with Crippen molar-refractivity contribution in [3.05, 3.63) is 11.9 Å². The molecule has 0 amide bonds. The number of methoxy groups -OCH3 is 1. The molecule has 0 atom stereocenters. The van der Waals surface area contributed by atoms with Crippen LogP contribution in [0.2, 0.25) is 0 Å². The number of hydrogen-bond donors (Lipinski definition) is 1. The van der Waals surface area contributed by atoms with E-state index in [-0.39, 0.29) is 5.69 Å². The van der Waals surface area contributed by atoms with E-state index in [1.54, 1.807) is 18.0 Å². The molecule has 0 radical (unpaired) electrons. The number of aromatic nitrogens is 3. The fourth-order valence-electron chi connectivity index (χ4n) is 1.45. The summed E-state index contributed by atoms with van der Waals surface area (Å²) in [5.74, 6) is -0.431. The Kier molecular flexibility index (Phi) is 4.05. The normalized spacial score (nSPS) is 15.6. The summed E-state index contributed by atoms with van der Waals surface area (Å²) in [7, 11) is 1.61. The van der Waals surface area contributed by atoms with Crippen LogP contribution in [0, 0.1) is 0 Å². The van der Waals surface area contributed by atoms with Gasteiger partial charge >= 0.3 is 5.97 Å². The lowest BCUT2D eigenvalue weighted by atomic mass is 10.2. The van der Waals surface area contributed by atoms with Crippen molar-refractivity contribution >= 4 is 5.97 Å². The van der Waals surface area contributed by atoms with E-state index in [1.165, 1.54) is 0 Å². The number of carbonyl (C=O) groups is 1. The minimum absolute atomic E-state index is 0.259. The molecule has 7 nitrogen and oxygen atoms in total. The fourth-order valence-corrected chi connectivity index (χ4v) is 1.45. The van der Waals surface area contributed by atoms with Crippen LogP contribution in [0.25, 0.3) is 0 Å². The summed E-state index contributed by atoms with van der Waals surface area (Å²) in [6.07, 6.45) is 2.31. The molecule has 1 aliphatic heterocycles. The van der Waals surface area contributed by atoms with E-state index in [4.69, 9.17) is 9.47 Å². The van der Waals surface area contributed by atoms with Gasteiger partial charge in [-0.05, 0) is 0 Å². The first kappa shape index (κ1) is 12.0. The Morgan fingerprint density at radius 3 is 3.06 bits per heavy atom. The van der Waals surface area contributed by atoms with Crippen molar-refractivity contribution in [2.24, 2.45) is 0 Å². The molecular weight excluding hydrogens is 224 g/mol. The Morgan fingerprint density at radius 1 is 1.59 bits per heavy atom. The summed E-state index contributed by atoms with van der Waals surface area (Å²) in [5, 5.41) is 10.8. The molecule has 1 aromatic rings. The van der Waals surface area contributed by atoms with Crippen molar-refractivity contribution in [3.63, 3.8) is 0 Å². The second-order valence-corrected chi connectivity index (χ2v) is 3.88. The highest BCUT2D eigenvalue weighted by atomic mass is 16.5. The lowest BCUT2D eigenvalue weighted by Gasteiger charge is -2.26. The molecule has 2 heterocycles. The highest BCUT2D eigenvalue weighted by molar-refractivity contribution is 5.86. The molecule has 0 spiro atoms. The lowest BCUT2D eigenvalue weighted by Crippen LogP contribution is -2.43. The molecule has 2 rings (SSSR count). The Labute approximate surface area is 99.1 Å². The molecule has 0 aromatic carbocycles. The van der Waals surface area contributed by atoms with Gasteiger partial charge in [-0.25, -0.2) is 9.48 Å². The molecule has 1 fully saturated rings. The predicted octanol–water partition coefficient (Wildman–Crippen LogP) is -0.384. The molecule has 1 aromatic heterocycles. The highest BCUT2D eigenvalue weighted by Crippen LogP contribution is 2.10. The minimum Gasteiger partial charge on any atom is -0.461 e. The first-order valence-electron chi connectivity index (χ1n) is 5.60. The summed E-state index contributed by atoms with van der Waals surface area (Å²) < 4.78 is 11.6. The summed E-state index contributed by atoms with van der Waals surface area (Å²) in [5.41, 5.74) is 0.259. The third kappa shape index (κ3) is 3.01. The van der Waals surface area contributed by atoms with Crippen LogP contribution in [0.4, 0.5) is 0 Å². The SMILES string of the molecule is COCCCOC(=O)c1cn(C2CNC2)nn1. The Bertz CT molecular complexity index is 375. The molecular formula is C10H16N4O3. The number of rotatable bonds is 6. The van der Waals surface area contributed by atoms with Gasteiger partial charge in [0.25, 0.3) is 0 Å². The molecule has 0 bridgehead atoms. The Balaban J connectivity index is 1.80. The van der Waals surface area contributed by atoms with Gasteiger partial charge in [0.05, 0.1) is 18.8 Å². The van der Waals surface area contributed by atoms with Crippen LogP contribution >= 0.6 is 0 Å². The largest absolute Gasteiger partial charge is 0.461 e. The molecule has 17 heavy (non-hydrogen) atoms. The van der Waals surface area contributed by atoms with Crippen molar-refractivity contribution in [1.82, 2.24) is 20.3 Å². The summed E-state index contributed by atoms with van der Waals surface area (Å²) in [6.45, 7) is 2.65. The average Bonchev–Trinajstić information content (AvgIpc) is 2.71. The van der Waals surface area contributed by atoms with Gasteiger partial charge in [0, 0.05) is 33.2 Å². The molecule has 0 aliphatic carbocycles. The predicted molar refractivity (Wildman–Crippen MR) is 58.7 cm³/mol. The molecule has 0 unspecified atom stereocenters. The van der Waals surface area contributed by atoms with Crippen molar-refractivity contribution in [2.45, 2.75) is 12.5 Å². The highest BCUT2D eigenvalue weighted by Gasteiger charge is 2.21. The quantitative estimate of drug-likeness (QED) is 0.539. The molecule has 7 heteroatoms. The molecule has 94 valence electrons. The van der Waals surface area contributed by atoms with Crippen molar-refractivity contribution in [2.75, 3.05) is 33.4 Å². The summed E-state index contributed by atoms with van der Waals surface area (Å²) >= 11 is 0. The summed E-state index contributed by atoms with van der Waals surface area (Å²) in [4.78, 5) is 11.6. The van der Waals surface area contributed by atoms with E-state index in [9.17, 15) is 4.79 Å². The third-order valence-corrected chi connectivity index (χ3v) is 2.58. The van der Waals surface area contributed by atoms with Gasteiger partial charge in [-0.1, -0.05) is 5.21 Å². The van der Waals surface area contributed by atoms with Crippen LogP contribution in [0.15, 0.2) is 6.20 Å². The van der Waals surface area contributed by atoms with E-state index >= 15 is 0 Å². The van der Waals surface area contributed by atoms with Crippen LogP contribution in [0.5, 0.6) is 0 Å². The zero-order valence-corrected chi connectivity index (χ0v) is 9.76. The van der Waals surface area contributed by atoms with Crippen LogP contribution in [0.1, 0.15) is 23.0 Å². The number of ether oxygens (including phenoxy) is 2. The van der Waals surface area contributed by atoms with Crippen LogP contribution in [-0.2, 0) is 9.47 Å². The lowest BCUT2D eigenvalue weighted by molar-refractivity contribution is 0.0461. The van der Waals surface area contributed by atoms with E-state index < -0.39 is 5.97 Å². The van der Waals surface area contributed by atoms with Gasteiger partial charge in [0.15, 0.2) is 5.69 Å². The van der Waals surface area contributed by atoms with Gasteiger partial charge in [-0.3, -0.25) is 0 Å². The minimum atomic E-state index is -0.431. The van der Waals surface area contributed by atoms with Gasteiger partial charge in [0.2, 0.25) is 0 Å². The zero-order valence-electron chi connectivity index (χ0n) is 9.76. The Hall–Kier alpha value is -1.47. The number of nitrogens with zero attached hydrogens (tertiary/aromatic N) is 3. The number of nitrogens with one attached hydrogen (secondary N) is 1. The van der Waals surface area contributed by atoms with Gasteiger partial charge in [0.1, 0.15) is 0 Å². The first-order chi connectivity index (χ1) is 8.31. The van der Waals surface area contributed by atoms with Crippen LogP contribution in [-0.4, -0.2) is 54.4 Å². The zero-order chi connectivity index (χ0) is 12.1. The molecule has 0 saturated carbocycles. The fraction of sp³-hybridized carbons (Fsp3) is 0.700. The number of hydrogen-bond acceptors (Lipinski definition) is 6. The topological polar surface area (TPSA) is 78.3 Å². The maximum Gasteiger partial charge on any atom is 0.360 e. The van der Waals surface area contributed by atoms with Gasteiger partial charge in [-0.15, -0.1) is 5.10 Å². The number of esters is 1. The smallest absolute Gasteiger partial charge is 0.360 e. The second-order valence-electron chi connectivity index (χ2n) is 3.88. The van der Waals surface area contributed by atoms with E-state index in [2.05, 4.69) is 15.6 Å². The van der Waals surface area contributed by atoms with Crippen LogP contribution < -0.4 is 5.32 Å². The molecule has 1 N–H and O–H groups in total. The third-order valence-electron chi connectivity index (χ3n) is 2.58. The first-order valence-corrected chi connectivity index (χ1v) is 5.60. The maximum absolute atomic E-state index is 11.6. The van der Waals surface area contributed by atoms with Crippen molar-refractivity contribution in [3.8, 4) is 0 Å².